The van der Waals surface area contributed by atoms with Gasteiger partial charge in [0.2, 0.25) is 0 Å². The molecule has 0 radical (unpaired) electrons. The number of aliphatic carboxylic acids is 2. The summed E-state index contributed by atoms with van der Waals surface area (Å²) in [6.45, 7) is 0. The molecule has 0 heterocycles. The summed E-state index contributed by atoms with van der Waals surface area (Å²) in [4.78, 5) is 21.0. The Morgan fingerprint density at radius 1 is 1.06 bits per heavy atom. The van der Waals surface area contributed by atoms with Gasteiger partial charge >= 0.3 is 11.9 Å². The molecule has 4 nitrogen and oxygen atoms in total. The summed E-state index contributed by atoms with van der Waals surface area (Å²) in [6, 6.07) is 0.758. The van der Waals surface area contributed by atoms with Crippen LogP contribution in [0, 0.1) is 17.5 Å². The van der Waals surface area contributed by atoms with E-state index < -0.39 is 46.9 Å². The molecule has 1 aromatic carbocycles. The zero-order chi connectivity index (χ0) is 13.9. The van der Waals surface area contributed by atoms with Crippen molar-refractivity contribution < 1.29 is 33.0 Å². The molecule has 0 atom stereocenters. The van der Waals surface area contributed by atoms with Crippen molar-refractivity contribution in [3.8, 4) is 0 Å². The Bertz CT molecular complexity index is 537. The second-order valence-corrected chi connectivity index (χ2v) is 3.35. The van der Waals surface area contributed by atoms with Gasteiger partial charge in [0.1, 0.15) is 5.82 Å². The van der Waals surface area contributed by atoms with E-state index in [2.05, 4.69) is 0 Å². The predicted molar refractivity (Wildman–Crippen MR) is 53.4 cm³/mol. The summed E-state index contributed by atoms with van der Waals surface area (Å²) in [7, 11) is 0. The summed E-state index contributed by atoms with van der Waals surface area (Å²) in [5.74, 6) is -7.01. The number of hydrogen-bond donors (Lipinski definition) is 2. The highest BCUT2D eigenvalue weighted by Crippen LogP contribution is 2.17. The molecule has 2 N–H and O–H groups in total. The van der Waals surface area contributed by atoms with Gasteiger partial charge in [0, 0.05) is 24.1 Å². The van der Waals surface area contributed by atoms with Crippen molar-refractivity contribution in [2.45, 2.75) is 6.42 Å². The Morgan fingerprint density at radius 3 is 2.11 bits per heavy atom. The molecule has 0 saturated heterocycles. The van der Waals surface area contributed by atoms with Crippen LogP contribution in [0.15, 0.2) is 23.8 Å². The highest BCUT2D eigenvalue weighted by atomic mass is 19.2. The molecule has 0 saturated carbocycles. The van der Waals surface area contributed by atoms with Gasteiger partial charge in [0.15, 0.2) is 11.6 Å². The number of hydrogen-bond acceptors (Lipinski definition) is 2. The second kappa shape index (κ2) is 5.35. The smallest absolute Gasteiger partial charge is 0.332 e. The highest BCUT2D eigenvalue weighted by molar-refractivity contribution is 5.94. The van der Waals surface area contributed by atoms with Crippen LogP contribution in [0.1, 0.15) is 5.56 Å². The van der Waals surface area contributed by atoms with Crippen LogP contribution in [0.3, 0.4) is 0 Å². The molecule has 0 aliphatic carbocycles. The number of carboxylic acid groups (broad SMARTS) is 2. The Morgan fingerprint density at radius 2 is 1.61 bits per heavy atom. The predicted octanol–water partition coefficient (Wildman–Crippen LogP) is 1.74. The van der Waals surface area contributed by atoms with Gasteiger partial charge in [0.25, 0.3) is 0 Å². The van der Waals surface area contributed by atoms with Crippen molar-refractivity contribution in [1.29, 1.82) is 0 Å². The summed E-state index contributed by atoms with van der Waals surface area (Å²) < 4.78 is 38.7. The van der Waals surface area contributed by atoms with Crippen LogP contribution >= 0.6 is 0 Å². The minimum Gasteiger partial charge on any atom is -0.478 e. The van der Waals surface area contributed by atoms with E-state index in [-0.39, 0.29) is 6.07 Å². The van der Waals surface area contributed by atoms with Crippen LogP contribution in [0.25, 0.3) is 0 Å². The first kappa shape index (κ1) is 13.8. The maximum Gasteiger partial charge on any atom is 0.332 e. The minimum absolute atomic E-state index is 0.269. The lowest BCUT2D eigenvalue weighted by Crippen LogP contribution is -2.08. The zero-order valence-electron chi connectivity index (χ0n) is 8.78. The summed E-state index contributed by atoms with van der Waals surface area (Å²) in [5.41, 5.74) is -1.09. The topological polar surface area (TPSA) is 74.6 Å². The SMILES string of the molecule is O=C(O)/C=C(/Cc1cc(F)c(F)cc1F)C(=O)O. The maximum atomic E-state index is 13.2. The van der Waals surface area contributed by atoms with Crippen LogP contribution in [0.4, 0.5) is 13.2 Å². The third-order valence-electron chi connectivity index (χ3n) is 2.04. The summed E-state index contributed by atoms with van der Waals surface area (Å²) in [6.07, 6.45) is -0.298. The molecule has 1 rings (SSSR count). The average molecular weight is 260 g/mol. The van der Waals surface area contributed by atoms with E-state index in [9.17, 15) is 22.8 Å². The largest absolute Gasteiger partial charge is 0.478 e. The van der Waals surface area contributed by atoms with Gasteiger partial charge in [-0.1, -0.05) is 0 Å². The first-order chi connectivity index (χ1) is 8.31. The molecule has 96 valence electrons. The van der Waals surface area contributed by atoms with Crippen LogP contribution in [-0.4, -0.2) is 22.2 Å². The van der Waals surface area contributed by atoms with E-state index in [0.717, 1.165) is 0 Å². The van der Waals surface area contributed by atoms with E-state index in [1.54, 1.807) is 0 Å². The van der Waals surface area contributed by atoms with Gasteiger partial charge in [0.05, 0.1) is 0 Å². The summed E-state index contributed by atoms with van der Waals surface area (Å²) in [5, 5.41) is 17.1. The minimum atomic E-state index is -1.58. The molecule has 0 aliphatic heterocycles. The molecule has 0 bridgehead atoms. The van der Waals surface area contributed by atoms with Gasteiger partial charge in [-0.3, -0.25) is 0 Å². The molecule has 0 aromatic heterocycles. The zero-order valence-corrected chi connectivity index (χ0v) is 8.78. The number of benzene rings is 1. The third-order valence-corrected chi connectivity index (χ3v) is 2.04. The molecule has 0 unspecified atom stereocenters. The molecule has 0 fully saturated rings. The fraction of sp³-hybridized carbons (Fsp3) is 0.0909. The fourth-order valence-corrected chi connectivity index (χ4v) is 1.24. The molecule has 18 heavy (non-hydrogen) atoms. The standard InChI is InChI=1S/C11H7F3O4/c12-7-4-9(14)8(13)2-5(7)1-6(11(17)18)3-10(15)16/h2-4H,1H2,(H,15,16)(H,17,18)/b6-3-. The van der Waals surface area contributed by atoms with E-state index >= 15 is 0 Å². The first-order valence-electron chi connectivity index (χ1n) is 4.61. The Kier molecular flexibility index (Phi) is 4.09. The second-order valence-electron chi connectivity index (χ2n) is 3.35. The number of carbonyl (C=O) groups is 2. The Hall–Kier alpha value is -2.31. The number of carboxylic acids is 2. The number of rotatable bonds is 4. The fourth-order valence-electron chi connectivity index (χ4n) is 1.24. The third kappa shape index (κ3) is 3.34. The Balaban J connectivity index is 3.13. The van der Waals surface area contributed by atoms with Crippen LogP contribution in [0.5, 0.6) is 0 Å². The number of halogens is 3. The molecular weight excluding hydrogens is 253 g/mol. The van der Waals surface area contributed by atoms with Crippen molar-refractivity contribution in [3.63, 3.8) is 0 Å². The van der Waals surface area contributed by atoms with Gasteiger partial charge < -0.3 is 10.2 Å². The first-order valence-corrected chi connectivity index (χ1v) is 4.61. The monoisotopic (exact) mass is 260 g/mol. The van der Waals surface area contributed by atoms with Gasteiger partial charge in [-0.25, -0.2) is 22.8 Å². The molecular formula is C11H7F3O4. The van der Waals surface area contributed by atoms with Gasteiger partial charge in [-0.05, 0) is 11.6 Å². The van der Waals surface area contributed by atoms with Crippen molar-refractivity contribution in [1.82, 2.24) is 0 Å². The van der Waals surface area contributed by atoms with E-state index in [1.165, 1.54) is 0 Å². The van der Waals surface area contributed by atoms with E-state index in [1.807, 2.05) is 0 Å². The van der Waals surface area contributed by atoms with Crippen LogP contribution in [0.2, 0.25) is 0 Å². The van der Waals surface area contributed by atoms with Crippen molar-refractivity contribution >= 4 is 11.9 Å². The molecule has 0 aliphatic rings. The molecule has 0 spiro atoms. The van der Waals surface area contributed by atoms with E-state index in [0.29, 0.717) is 12.1 Å². The lowest BCUT2D eigenvalue weighted by molar-refractivity contribution is -0.135. The molecule has 7 heteroatoms. The van der Waals surface area contributed by atoms with E-state index in [4.69, 9.17) is 10.2 Å². The van der Waals surface area contributed by atoms with Crippen molar-refractivity contribution in [2.24, 2.45) is 0 Å². The van der Waals surface area contributed by atoms with Gasteiger partial charge in [-0.15, -0.1) is 0 Å². The maximum absolute atomic E-state index is 13.2. The van der Waals surface area contributed by atoms with Crippen LogP contribution < -0.4 is 0 Å². The van der Waals surface area contributed by atoms with Crippen molar-refractivity contribution in [2.75, 3.05) is 0 Å². The Labute approximate surface area is 99.0 Å². The lowest BCUT2D eigenvalue weighted by atomic mass is 10.0. The normalized spacial score (nSPS) is 11.4. The highest BCUT2D eigenvalue weighted by Gasteiger charge is 2.15. The average Bonchev–Trinajstić information content (AvgIpc) is 2.23. The van der Waals surface area contributed by atoms with Crippen LogP contribution in [-0.2, 0) is 16.0 Å². The molecule has 0 amide bonds. The van der Waals surface area contributed by atoms with Gasteiger partial charge in [-0.2, -0.15) is 0 Å². The summed E-state index contributed by atoms with van der Waals surface area (Å²) >= 11 is 0. The lowest BCUT2D eigenvalue weighted by Gasteiger charge is -2.04. The quantitative estimate of drug-likeness (QED) is 0.638. The van der Waals surface area contributed by atoms with Crippen molar-refractivity contribution in [3.05, 3.63) is 46.8 Å². The molecule has 1 aromatic rings.